The van der Waals surface area contributed by atoms with Crippen LogP contribution in [0.3, 0.4) is 0 Å². The Bertz CT molecular complexity index is 984. The van der Waals surface area contributed by atoms with Gasteiger partial charge in [-0.05, 0) is 11.4 Å². The number of fused-ring (bicyclic) bond motifs is 2. The Morgan fingerprint density at radius 2 is 2.29 bits per heavy atom. The molecule has 1 aliphatic rings. The highest BCUT2D eigenvalue weighted by molar-refractivity contribution is 7.13. The fourth-order valence-electron chi connectivity index (χ4n) is 3.30. The summed E-state index contributed by atoms with van der Waals surface area (Å²) in [5.74, 6) is 0.745. The fraction of sp³-hybridized carbons (Fsp3) is 0.235. The minimum atomic E-state index is 0.745. The third-order valence-electron chi connectivity index (χ3n) is 4.47. The summed E-state index contributed by atoms with van der Waals surface area (Å²) in [5.41, 5.74) is 4.91. The van der Waals surface area contributed by atoms with Crippen LogP contribution >= 0.6 is 11.3 Å². The van der Waals surface area contributed by atoms with Gasteiger partial charge in [-0.1, -0.05) is 6.07 Å². The van der Waals surface area contributed by atoms with Crippen molar-refractivity contribution in [1.82, 2.24) is 29.5 Å². The Labute approximate surface area is 142 Å². The number of aromatic nitrogens is 5. The fourth-order valence-corrected chi connectivity index (χ4v) is 4.04. The predicted molar refractivity (Wildman–Crippen MR) is 92.7 cm³/mol. The lowest BCUT2D eigenvalue weighted by atomic mass is 10.0. The number of thiophene rings is 1. The molecule has 0 fully saturated rings. The molecule has 5 rings (SSSR count). The first-order valence-corrected chi connectivity index (χ1v) is 8.85. The van der Waals surface area contributed by atoms with Gasteiger partial charge in [-0.3, -0.25) is 14.4 Å². The lowest BCUT2D eigenvalue weighted by Crippen LogP contribution is -2.30. The van der Waals surface area contributed by atoms with Gasteiger partial charge >= 0.3 is 0 Å². The van der Waals surface area contributed by atoms with E-state index in [2.05, 4.69) is 48.8 Å². The molecule has 0 atom stereocenters. The number of hydrogen-bond acceptors (Lipinski definition) is 5. The summed E-state index contributed by atoms with van der Waals surface area (Å²) in [4.78, 5) is 12.3. The maximum atomic E-state index is 4.55. The average molecular weight is 336 g/mol. The molecule has 0 radical (unpaired) electrons. The second kappa shape index (κ2) is 5.54. The molecular weight excluding hydrogens is 320 g/mol. The summed E-state index contributed by atoms with van der Waals surface area (Å²) in [6, 6.07) is 4.21. The maximum Gasteiger partial charge on any atom is 0.233 e. The summed E-state index contributed by atoms with van der Waals surface area (Å²) >= 11 is 1.74. The zero-order valence-electron chi connectivity index (χ0n) is 13.0. The van der Waals surface area contributed by atoms with Crippen LogP contribution in [0.15, 0.2) is 42.3 Å². The van der Waals surface area contributed by atoms with Crippen molar-refractivity contribution in [3.05, 3.63) is 59.1 Å². The van der Waals surface area contributed by atoms with Crippen LogP contribution in [-0.4, -0.2) is 36.0 Å². The normalized spacial score (nSPS) is 15.0. The van der Waals surface area contributed by atoms with Crippen molar-refractivity contribution >= 4 is 17.1 Å². The second-order valence-corrected chi connectivity index (χ2v) is 7.01. The number of rotatable bonds is 3. The minimum Gasteiger partial charge on any atom is -0.294 e. The van der Waals surface area contributed by atoms with Crippen LogP contribution in [0.25, 0.3) is 16.3 Å². The number of nitrogens with one attached hydrogen (secondary N) is 1. The Hall–Kier alpha value is -2.51. The third-order valence-corrected chi connectivity index (χ3v) is 5.35. The zero-order valence-corrected chi connectivity index (χ0v) is 13.8. The van der Waals surface area contributed by atoms with Crippen LogP contribution < -0.4 is 0 Å². The van der Waals surface area contributed by atoms with Crippen molar-refractivity contribution in [2.75, 3.05) is 6.54 Å². The van der Waals surface area contributed by atoms with Crippen molar-refractivity contribution in [3.8, 4) is 10.6 Å². The molecule has 120 valence electrons. The molecule has 24 heavy (non-hydrogen) atoms. The van der Waals surface area contributed by atoms with Gasteiger partial charge in [0.1, 0.15) is 5.69 Å². The van der Waals surface area contributed by atoms with E-state index in [1.165, 1.54) is 21.7 Å². The number of nitrogens with zero attached hydrogens (tertiary/aromatic N) is 5. The topological polar surface area (TPSA) is 62.1 Å². The zero-order chi connectivity index (χ0) is 15.9. The standard InChI is InChI=1S/C17H16N6S/c1-2-15(24-7-1)16-13-11-22(5-3-14(13)20-21-16)9-12-8-19-17-18-4-6-23(17)10-12/h1-2,4,6-8,10H,3,5,9,11H2,(H,20,21). The molecule has 0 unspecified atom stereocenters. The minimum absolute atomic E-state index is 0.745. The molecule has 0 saturated carbocycles. The molecule has 7 heteroatoms. The highest BCUT2D eigenvalue weighted by Crippen LogP contribution is 2.31. The van der Waals surface area contributed by atoms with Gasteiger partial charge in [-0.2, -0.15) is 5.10 Å². The van der Waals surface area contributed by atoms with Crippen LogP contribution in [0.1, 0.15) is 16.8 Å². The van der Waals surface area contributed by atoms with Crippen molar-refractivity contribution in [2.24, 2.45) is 0 Å². The second-order valence-electron chi connectivity index (χ2n) is 6.06. The highest BCUT2D eigenvalue weighted by Gasteiger charge is 2.23. The lowest BCUT2D eigenvalue weighted by Gasteiger charge is -2.26. The summed E-state index contributed by atoms with van der Waals surface area (Å²) in [7, 11) is 0. The van der Waals surface area contributed by atoms with E-state index in [9.17, 15) is 0 Å². The molecule has 0 bridgehead atoms. The SMILES string of the molecule is c1csc(-c2n[nH]c3c2CN(Cc2cnc4nccn4c2)CC3)c1. The molecule has 1 aliphatic heterocycles. The van der Waals surface area contributed by atoms with E-state index in [4.69, 9.17) is 0 Å². The Morgan fingerprint density at radius 1 is 1.29 bits per heavy atom. The van der Waals surface area contributed by atoms with Crippen LogP contribution in [-0.2, 0) is 19.5 Å². The summed E-state index contributed by atoms with van der Waals surface area (Å²) in [5, 5.41) is 9.87. The van der Waals surface area contributed by atoms with Crippen LogP contribution in [0.4, 0.5) is 0 Å². The number of H-pyrrole nitrogens is 1. The van der Waals surface area contributed by atoms with Gasteiger partial charge in [-0.25, -0.2) is 9.97 Å². The number of hydrogen-bond donors (Lipinski definition) is 1. The van der Waals surface area contributed by atoms with Gasteiger partial charge in [-0.15, -0.1) is 11.3 Å². The first-order valence-electron chi connectivity index (χ1n) is 7.97. The largest absolute Gasteiger partial charge is 0.294 e. The summed E-state index contributed by atoms with van der Waals surface area (Å²) < 4.78 is 1.97. The lowest BCUT2D eigenvalue weighted by molar-refractivity contribution is 0.244. The molecule has 0 amide bonds. The summed E-state index contributed by atoms with van der Waals surface area (Å²) in [6.07, 6.45) is 8.76. The van der Waals surface area contributed by atoms with Crippen LogP contribution in [0, 0.1) is 0 Å². The molecule has 6 nitrogen and oxygen atoms in total. The molecule has 0 aromatic carbocycles. The van der Waals surface area contributed by atoms with E-state index in [1.807, 2.05) is 16.8 Å². The Balaban J connectivity index is 1.41. The molecule has 0 aliphatic carbocycles. The Morgan fingerprint density at radius 3 is 3.21 bits per heavy atom. The van der Waals surface area contributed by atoms with E-state index in [-0.39, 0.29) is 0 Å². The molecule has 1 N–H and O–H groups in total. The van der Waals surface area contributed by atoms with E-state index in [1.54, 1.807) is 17.5 Å². The van der Waals surface area contributed by atoms with Gasteiger partial charge in [0, 0.05) is 67.7 Å². The first kappa shape index (κ1) is 13.9. The van der Waals surface area contributed by atoms with Crippen molar-refractivity contribution in [2.45, 2.75) is 19.5 Å². The van der Waals surface area contributed by atoms with E-state index in [0.717, 1.165) is 37.5 Å². The average Bonchev–Trinajstić information content (AvgIpc) is 3.34. The van der Waals surface area contributed by atoms with Gasteiger partial charge in [0.25, 0.3) is 0 Å². The Kier molecular flexibility index (Phi) is 3.20. The molecule has 4 aromatic rings. The molecular formula is C17H16N6S. The molecule has 0 spiro atoms. The van der Waals surface area contributed by atoms with Gasteiger partial charge in [0.15, 0.2) is 0 Å². The maximum absolute atomic E-state index is 4.55. The van der Waals surface area contributed by atoms with E-state index >= 15 is 0 Å². The van der Waals surface area contributed by atoms with Gasteiger partial charge in [0.05, 0.1) is 4.88 Å². The van der Waals surface area contributed by atoms with Crippen molar-refractivity contribution < 1.29 is 0 Å². The van der Waals surface area contributed by atoms with E-state index in [0.29, 0.717) is 0 Å². The van der Waals surface area contributed by atoms with Crippen molar-refractivity contribution in [1.29, 1.82) is 0 Å². The van der Waals surface area contributed by atoms with Crippen molar-refractivity contribution in [3.63, 3.8) is 0 Å². The smallest absolute Gasteiger partial charge is 0.233 e. The molecule has 0 saturated heterocycles. The van der Waals surface area contributed by atoms with E-state index < -0.39 is 0 Å². The third kappa shape index (κ3) is 2.33. The molecule has 5 heterocycles. The predicted octanol–water partition coefficient (Wildman–Crippen LogP) is 2.74. The van der Waals surface area contributed by atoms with Gasteiger partial charge in [0.2, 0.25) is 5.78 Å². The van der Waals surface area contributed by atoms with Crippen LogP contribution in [0.5, 0.6) is 0 Å². The van der Waals surface area contributed by atoms with Gasteiger partial charge < -0.3 is 0 Å². The monoisotopic (exact) mass is 336 g/mol. The molecule has 4 aromatic heterocycles. The number of imidazole rings is 1. The first-order chi connectivity index (χ1) is 11.9. The number of aromatic amines is 1. The highest BCUT2D eigenvalue weighted by atomic mass is 32.1. The summed E-state index contributed by atoms with van der Waals surface area (Å²) in [6.45, 7) is 2.83. The quantitative estimate of drug-likeness (QED) is 0.625. The van der Waals surface area contributed by atoms with Crippen LogP contribution in [0.2, 0.25) is 0 Å².